The minimum atomic E-state index is 0.715. The molecule has 2 aromatic rings. The van der Waals surface area contributed by atoms with Gasteiger partial charge < -0.3 is 9.88 Å². The molecule has 0 radical (unpaired) electrons. The van der Waals surface area contributed by atoms with Gasteiger partial charge in [-0.15, -0.1) is 0 Å². The fourth-order valence-electron chi connectivity index (χ4n) is 4.04. The molecule has 2 atom stereocenters. The number of nitrogens with one attached hydrogen (secondary N) is 1. The first-order chi connectivity index (χ1) is 9.26. The van der Waals surface area contributed by atoms with Gasteiger partial charge in [-0.05, 0) is 68.3 Å². The number of nitrogens with zero attached hydrogens (tertiary/aromatic N) is 2. The maximum absolute atomic E-state index is 4.73. The highest BCUT2D eigenvalue weighted by Gasteiger charge is 2.30. The molecule has 0 spiro atoms. The van der Waals surface area contributed by atoms with Crippen LogP contribution in [0.4, 0.5) is 0 Å². The maximum Gasteiger partial charge on any atom is 0.106 e. The van der Waals surface area contributed by atoms with E-state index in [-0.39, 0.29) is 0 Å². The summed E-state index contributed by atoms with van der Waals surface area (Å²) in [5.74, 6) is 2.69. The Morgan fingerprint density at radius 3 is 3.11 bits per heavy atom. The topological polar surface area (TPSA) is 29.9 Å². The standard InChI is InChI=1S/C16H21N3/c1-3-19-10(2)18-15-6-12-4-11-5-13(9-17-8-11)14(12)7-16(15)19/h6-7,11,13,17H,3-5,8-9H2,1-2H3. The van der Waals surface area contributed by atoms with E-state index >= 15 is 0 Å². The second-order valence-electron chi connectivity index (χ2n) is 6.10. The molecule has 1 aliphatic carbocycles. The molecule has 2 bridgehead atoms. The van der Waals surface area contributed by atoms with Crippen molar-refractivity contribution in [3.63, 3.8) is 0 Å². The zero-order chi connectivity index (χ0) is 13.0. The summed E-state index contributed by atoms with van der Waals surface area (Å²) in [6.45, 7) is 7.66. The number of hydrogen-bond donors (Lipinski definition) is 1. The van der Waals surface area contributed by atoms with Gasteiger partial charge >= 0.3 is 0 Å². The van der Waals surface area contributed by atoms with Crippen LogP contribution in [0.15, 0.2) is 12.1 Å². The summed E-state index contributed by atoms with van der Waals surface area (Å²) in [5.41, 5.74) is 5.63. The number of hydrogen-bond acceptors (Lipinski definition) is 2. The van der Waals surface area contributed by atoms with Gasteiger partial charge in [0.15, 0.2) is 0 Å². The monoisotopic (exact) mass is 255 g/mol. The number of fused-ring (bicyclic) bond motifs is 5. The van der Waals surface area contributed by atoms with Crippen molar-refractivity contribution in [1.82, 2.24) is 14.9 Å². The third-order valence-corrected chi connectivity index (χ3v) is 4.91. The quantitative estimate of drug-likeness (QED) is 0.849. The van der Waals surface area contributed by atoms with Crippen molar-refractivity contribution in [2.75, 3.05) is 13.1 Å². The highest BCUT2D eigenvalue weighted by atomic mass is 15.1. The van der Waals surface area contributed by atoms with E-state index in [2.05, 4.69) is 35.9 Å². The van der Waals surface area contributed by atoms with E-state index in [4.69, 9.17) is 4.98 Å². The number of aryl methyl sites for hydroxylation is 2. The smallest absolute Gasteiger partial charge is 0.106 e. The molecular weight excluding hydrogens is 234 g/mol. The van der Waals surface area contributed by atoms with Gasteiger partial charge in [0.2, 0.25) is 0 Å². The summed E-state index contributed by atoms with van der Waals surface area (Å²) in [4.78, 5) is 4.73. The van der Waals surface area contributed by atoms with Crippen LogP contribution in [0, 0.1) is 12.8 Å². The summed E-state index contributed by atoms with van der Waals surface area (Å²) in [7, 11) is 0. The molecule has 3 nitrogen and oxygen atoms in total. The molecule has 1 aliphatic heterocycles. The van der Waals surface area contributed by atoms with Crippen LogP contribution in [0.2, 0.25) is 0 Å². The molecular formula is C16H21N3. The number of piperidine rings is 1. The first kappa shape index (κ1) is 11.5. The third kappa shape index (κ3) is 1.64. The molecule has 1 fully saturated rings. The van der Waals surface area contributed by atoms with Gasteiger partial charge in [-0.25, -0.2) is 4.98 Å². The SMILES string of the molecule is CCn1c(C)nc2cc3c(cc21)C1CNCC(C3)C1. The van der Waals surface area contributed by atoms with Crippen LogP contribution >= 0.6 is 0 Å². The lowest BCUT2D eigenvalue weighted by molar-refractivity contribution is 0.318. The normalized spacial score (nSPS) is 25.6. The Labute approximate surface area is 114 Å². The van der Waals surface area contributed by atoms with Crippen molar-refractivity contribution in [3.05, 3.63) is 29.1 Å². The van der Waals surface area contributed by atoms with Crippen molar-refractivity contribution in [2.24, 2.45) is 5.92 Å². The second-order valence-corrected chi connectivity index (χ2v) is 6.10. The number of imidazole rings is 1. The zero-order valence-electron chi connectivity index (χ0n) is 11.7. The Bertz CT molecular complexity index is 641. The largest absolute Gasteiger partial charge is 0.328 e. The fraction of sp³-hybridized carbons (Fsp3) is 0.562. The van der Waals surface area contributed by atoms with E-state index in [1.165, 1.54) is 30.4 Å². The second kappa shape index (κ2) is 4.07. The predicted molar refractivity (Wildman–Crippen MR) is 77.6 cm³/mol. The van der Waals surface area contributed by atoms with Gasteiger partial charge in [-0.2, -0.15) is 0 Å². The van der Waals surface area contributed by atoms with E-state index in [9.17, 15) is 0 Å². The van der Waals surface area contributed by atoms with E-state index < -0.39 is 0 Å². The zero-order valence-corrected chi connectivity index (χ0v) is 11.7. The van der Waals surface area contributed by atoms with Crippen molar-refractivity contribution in [3.8, 4) is 0 Å². The third-order valence-electron chi connectivity index (χ3n) is 4.91. The van der Waals surface area contributed by atoms with Gasteiger partial charge in [-0.3, -0.25) is 0 Å². The van der Waals surface area contributed by atoms with Crippen molar-refractivity contribution in [1.29, 1.82) is 0 Å². The molecule has 3 heteroatoms. The number of benzene rings is 1. The van der Waals surface area contributed by atoms with Crippen molar-refractivity contribution < 1.29 is 0 Å². The van der Waals surface area contributed by atoms with E-state index in [1.54, 1.807) is 11.1 Å². The lowest BCUT2D eigenvalue weighted by Crippen LogP contribution is -2.39. The molecule has 0 amide bonds. The van der Waals surface area contributed by atoms with E-state index in [1.807, 2.05) is 0 Å². The Morgan fingerprint density at radius 2 is 2.26 bits per heavy atom. The van der Waals surface area contributed by atoms with E-state index in [0.29, 0.717) is 5.92 Å². The molecule has 1 aromatic carbocycles. The Balaban J connectivity index is 1.93. The first-order valence-corrected chi connectivity index (χ1v) is 7.46. The molecule has 0 saturated carbocycles. The lowest BCUT2D eigenvalue weighted by Gasteiger charge is -2.36. The predicted octanol–water partition coefficient (Wildman–Crippen LogP) is 2.61. The summed E-state index contributed by atoms with van der Waals surface area (Å²) >= 11 is 0. The van der Waals surface area contributed by atoms with Crippen LogP contribution < -0.4 is 5.32 Å². The molecule has 100 valence electrons. The minimum Gasteiger partial charge on any atom is -0.328 e. The average molecular weight is 255 g/mol. The van der Waals surface area contributed by atoms with Gasteiger partial charge in [0.25, 0.3) is 0 Å². The summed E-state index contributed by atoms with van der Waals surface area (Å²) in [6.07, 6.45) is 2.59. The molecule has 4 rings (SSSR count). The molecule has 1 aromatic heterocycles. The summed E-state index contributed by atoms with van der Waals surface area (Å²) in [5, 5.41) is 3.59. The van der Waals surface area contributed by atoms with Crippen LogP contribution in [0.5, 0.6) is 0 Å². The minimum absolute atomic E-state index is 0.715. The summed E-state index contributed by atoms with van der Waals surface area (Å²) in [6, 6.07) is 4.77. The molecule has 2 heterocycles. The van der Waals surface area contributed by atoms with Gasteiger partial charge in [0.05, 0.1) is 11.0 Å². The van der Waals surface area contributed by atoms with Crippen LogP contribution in [-0.4, -0.2) is 22.6 Å². The molecule has 19 heavy (non-hydrogen) atoms. The molecule has 2 unspecified atom stereocenters. The Kier molecular flexibility index (Phi) is 2.46. The number of aromatic nitrogens is 2. The van der Waals surface area contributed by atoms with E-state index in [0.717, 1.165) is 24.8 Å². The van der Waals surface area contributed by atoms with Crippen molar-refractivity contribution in [2.45, 2.75) is 39.2 Å². The number of rotatable bonds is 1. The molecule has 1 saturated heterocycles. The van der Waals surface area contributed by atoms with Crippen molar-refractivity contribution >= 4 is 11.0 Å². The Hall–Kier alpha value is -1.35. The van der Waals surface area contributed by atoms with Crippen LogP contribution in [0.25, 0.3) is 11.0 Å². The van der Waals surface area contributed by atoms with Crippen LogP contribution in [-0.2, 0) is 13.0 Å². The van der Waals surface area contributed by atoms with Gasteiger partial charge in [0.1, 0.15) is 5.82 Å². The van der Waals surface area contributed by atoms with Gasteiger partial charge in [0, 0.05) is 13.1 Å². The lowest BCUT2D eigenvalue weighted by atomic mass is 9.74. The summed E-state index contributed by atoms with van der Waals surface area (Å²) < 4.78 is 2.33. The highest BCUT2D eigenvalue weighted by Crippen LogP contribution is 2.38. The maximum atomic E-state index is 4.73. The highest BCUT2D eigenvalue weighted by molar-refractivity contribution is 5.78. The Morgan fingerprint density at radius 1 is 1.37 bits per heavy atom. The molecule has 2 aliphatic rings. The average Bonchev–Trinajstić information content (AvgIpc) is 2.71. The van der Waals surface area contributed by atoms with Gasteiger partial charge in [-0.1, -0.05) is 0 Å². The van der Waals surface area contributed by atoms with Crippen LogP contribution in [0.3, 0.4) is 0 Å². The first-order valence-electron chi connectivity index (χ1n) is 7.46. The van der Waals surface area contributed by atoms with Crippen LogP contribution in [0.1, 0.15) is 36.2 Å². The molecule has 1 N–H and O–H groups in total. The fourth-order valence-corrected chi connectivity index (χ4v) is 4.04.